The van der Waals surface area contributed by atoms with Gasteiger partial charge in [0.25, 0.3) is 0 Å². The van der Waals surface area contributed by atoms with Crippen LogP contribution in [0.4, 0.5) is 23.9 Å². The Hall–Kier alpha value is -3.11. The summed E-state index contributed by atoms with van der Waals surface area (Å²) in [6.45, 7) is 2.35. The number of hydrogen-bond donors (Lipinski definition) is 3. The number of likely N-dealkylation sites (tertiary alicyclic amines) is 1. The zero-order valence-electron chi connectivity index (χ0n) is 14.9. The van der Waals surface area contributed by atoms with Crippen LogP contribution in [0, 0.1) is 6.92 Å². The molecule has 3 N–H and O–H groups in total. The van der Waals surface area contributed by atoms with Crippen molar-refractivity contribution < 1.29 is 28.2 Å². The number of rotatable bonds is 3. The summed E-state index contributed by atoms with van der Waals surface area (Å²) in [5.74, 6) is -0.385. The number of phenols is 1. The highest BCUT2D eigenvalue weighted by Gasteiger charge is 2.31. The van der Waals surface area contributed by atoms with Crippen molar-refractivity contribution in [3.63, 3.8) is 0 Å². The number of amides is 1. The van der Waals surface area contributed by atoms with Gasteiger partial charge >= 0.3 is 12.3 Å². The standard InChI is InChI=1S/C17H18F3N5O3/c1-9-14(12-5-4-10(7-13(12)26)17(18,19)20)23-24-15(21-9)22-11-3-2-6-25(8-11)16(27)28/h4-5,7,11,26H,2-3,6,8H2,1H3,(H,27,28)(H,21,22,24)/t11-/m1/s1. The molecule has 2 heterocycles. The largest absolute Gasteiger partial charge is 0.507 e. The lowest BCUT2D eigenvalue weighted by Crippen LogP contribution is -2.44. The number of carbonyl (C=O) groups is 1. The minimum atomic E-state index is -4.56. The number of aromatic nitrogens is 3. The van der Waals surface area contributed by atoms with E-state index in [-0.39, 0.29) is 23.2 Å². The van der Waals surface area contributed by atoms with Crippen molar-refractivity contribution in [2.75, 3.05) is 18.4 Å². The number of benzene rings is 1. The third-order valence-corrected chi connectivity index (χ3v) is 4.47. The Labute approximate surface area is 158 Å². The molecule has 1 aliphatic heterocycles. The van der Waals surface area contributed by atoms with Crippen LogP contribution in [-0.2, 0) is 6.18 Å². The molecule has 1 atom stereocenters. The van der Waals surface area contributed by atoms with Gasteiger partial charge in [-0.1, -0.05) is 0 Å². The highest BCUT2D eigenvalue weighted by atomic mass is 19.4. The van der Waals surface area contributed by atoms with E-state index in [9.17, 15) is 23.1 Å². The van der Waals surface area contributed by atoms with Gasteiger partial charge in [0.05, 0.1) is 11.3 Å². The lowest BCUT2D eigenvalue weighted by molar-refractivity contribution is -0.137. The van der Waals surface area contributed by atoms with E-state index in [0.29, 0.717) is 31.3 Å². The number of aryl methyl sites for hydroxylation is 1. The average Bonchev–Trinajstić information content (AvgIpc) is 2.62. The van der Waals surface area contributed by atoms with E-state index in [4.69, 9.17) is 5.11 Å². The van der Waals surface area contributed by atoms with Crippen LogP contribution in [-0.4, -0.2) is 55.5 Å². The Kier molecular flexibility index (Phi) is 5.25. The fraction of sp³-hybridized carbons (Fsp3) is 0.412. The van der Waals surface area contributed by atoms with Crippen molar-refractivity contribution in [2.24, 2.45) is 0 Å². The van der Waals surface area contributed by atoms with Crippen molar-refractivity contribution in [1.29, 1.82) is 0 Å². The summed E-state index contributed by atoms with van der Waals surface area (Å²) in [6, 6.07) is 2.43. The summed E-state index contributed by atoms with van der Waals surface area (Å²) in [5, 5.41) is 30.0. The first kappa shape index (κ1) is 19.6. The maximum absolute atomic E-state index is 12.7. The predicted octanol–water partition coefficient (Wildman–Crippen LogP) is 3.13. The van der Waals surface area contributed by atoms with E-state index in [1.54, 1.807) is 6.92 Å². The Morgan fingerprint density at radius 2 is 2.07 bits per heavy atom. The molecule has 150 valence electrons. The van der Waals surface area contributed by atoms with E-state index < -0.39 is 23.6 Å². The fourth-order valence-electron chi connectivity index (χ4n) is 3.07. The summed E-state index contributed by atoms with van der Waals surface area (Å²) in [4.78, 5) is 16.6. The van der Waals surface area contributed by atoms with Gasteiger partial charge in [-0.2, -0.15) is 13.2 Å². The molecule has 8 nitrogen and oxygen atoms in total. The summed E-state index contributed by atoms with van der Waals surface area (Å²) in [6.07, 6.45) is -4.11. The molecule has 11 heteroatoms. The maximum Gasteiger partial charge on any atom is 0.416 e. The molecule has 1 fully saturated rings. The number of hydrogen-bond acceptors (Lipinski definition) is 6. The first-order valence-electron chi connectivity index (χ1n) is 8.51. The van der Waals surface area contributed by atoms with Crippen LogP contribution in [0.25, 0.3) is 11.3 Å². The van der Waals surface area contributed by atoms with E-state index in [2.05, 4.69) is 20.5 Å². The van der Waals surface area contributed by atoms with Crippen molar-refractivity contribution in [3.05, 3.63) is 29.5 Å². The van der Waals surface area contributed by atoms with Crippen LogP contribution in [0.5, 0.6) is 5.75 Å². The van der Waals surface area contributed by atoms with E-state index in [1.807, 2.05) is 0 Å². The van der Waals surface area contributed by atoms with Crippen LogP contribution in [0.1, 0.15) is 24.1 Å². The monoisotopic (exact) mass is 397 g/mol. The molecular formula is C17H18F3N5O3. The van der Waals surface area contributed by atoms with Gasteiger partial charge in [-0.3, -0.25) is 0 Å². The third kappa shape index (κ3) is 4.24. The number of carboxylic acid groups (broad SMARTS) is 1. The first-order valence-corrected chi connectivity index (χ1v) is 8.51. The Morgan fingerprint density at radius 1 is 1.32 bits per heavy atom. The number of alkyl halides is 3. The quantitative estimate of drug-likeness (QED) is 0.730. The predicted molar refractivity (Wildman–Crippen MR) is 92.9 cm³/mol. The summed E-state index contributed by atoms with van der Waals surface area (Å²) < 4.78 is 38.2. The van der Waals surface area contributed by atoms with Crippen molar-refractivity contribution in [2.45, 2.75) is 32.0 Å². The molecule has 0 unspecified atom stereocenters. The van der Waals surface area contributed by atoms with Crippen LogP contribution >= 0.6 is 0 Å². The number of aromatic hydroxyl groups is 1. The zero-order valence-corrected chi connectivity index (χ0v) is 14.9. The molecule has 0 saturated carbocycles. The molecule has 1 aromatic carbocycles. The van der Waals surface area contributed by atoms with Gasteiger partial charge in [-0.15, -0.1) is 10.2 Å². The van der Waals surface area contributed by atoms with Crippen molar-refractivity contribution in [1.82, 2.24) is 20.1 Å². The number of halogens is 3. The Morgan fingerprint density at radius 3 is 2.68 bits per heavy atom. The van der Waals surface area contributed by atoms with Gasteiger partial charge in [0.1, 0.15) is 11.4 Å². The highest BCUT2D eigenvalue weighted by Crippen LogP contribution is 2.36. The molecule has 0 radical (unpaired) electrons. The van der Waals surface area contributed by atoms with Gasteiger partial charge < -0.3 is 20.4 Å². The maximum atomic E-state index is 12.7. The third-order valence-electron chi connectivity index (χ3n) is 4.47. The van der Waals surface area contributed by atoms with Crippen molar-refractivity contribution >= 4 is 12.0 Å². The number of nitrogens with zero attached hydrogens (tertiary/aromatic N) is 4. The molecule has 28 heavy (non-hydrogen) atoms. The van der Waals surface area contributed by atoms with E-state index in [0.717, 1.165) is 18.6 Å². The smallest absolute Gasteiger partial charge is 0.416 e. The molecule has 1 saturated heterocycles. The average molecular weight is 397 g/mol. The normalized spacial score (nSPS) is 17.4. The number of anilines is 1. The molecule has 1 aromatic heterocycles. The Balaban J connectivity index is 1.78. The number of phenolic OH excluding ortho intramolecular Hbond substituents is 1. The number of nitrogens with one attached hydrogen (secondary N) is 1. The second-order valence-corrected chi connectivity index (χ2v) is 6.51. The minimum Gasteiger partial charge on any atom is -0.507 e. The van der Waals surface area contributed by atoms with E-state index >= 15 is 0 Å². The second-order valence-electron chi connectivity index (χ2n) is 6.51. The summed E-state index contributed by atoms with van der Waals surface area (Å²) in [5.41, 5.74) is -0.358. The second kappa shape index (κ2) is 7.49. The van der Waals surface area contributed by atoms with Crippen LogP contribution < -0.4 is 5.32 Å². The molecule has 1 amide bonds. The molecule has 1 aliphatic rings. The molecular weight excluding hydrogens is 379 g/mol. The summed E-state index contributed by atoms with van der Waals surface area (Å²) in [7, 11) is 0. The lowest BCUT2D eigenvalue weighted by Gasteiger charge is -2.31. The minimum absolute atomic E-state index is 0.0896. The highest BCUT2D eigenvalue weighted by molar-refractivity contribution is 5.69. The van der Waals surface area contributed by atoms with Crippen molar-refractivity contribution in [3.8, 4) is 17.0 Å². The first-order chi connectivity index (χ1) is 13.1. The SMILES string of the molecule is Cc1nc(N[C@@H]2CCCN(C(=O)O)C2)nnc1-c1ccc(C(F)(F)F)cc1O. The molecule has 3 rings (SSSR count). The lowest BCUT2D eigenvalue weighted by atomic mass is 10.1. The molecule has 0 bridgehead atoms. The molecule has 0 spiro atoms. The summed E-state index contributed by atoms with van der Waals surface area (Å²) >= 11 is 0. The van der Waals surface area contributed by atoms with Gasteiger partial charge in [-0.25, -0.2) is 9.78 Å². The van der Waals surface area contributed by atoms with Gasteiger partial charge in [0.15, 0.2) is 0 Å². The van der Waals surface area contributed by atoms with Crippen LogP contribution in [0.2, 0.25) is 0 Å². The zero-order chi connectivity index (χ0) is 20.5. The number of piperidine rings is 1. The topological polar surface area (TPSA) is 111 Å². The fourth-order valence-corrected chi connectivity index (χ4v) is 3.07. The van der Waals surface area contributed by atoms with Crippen LogP contribution in [0.15, 0.2) is 18.2 Å². The van der Waals surface area contributed by atoms with Gasteiger partial charge in [-0.05, 0) is 38.0 Å². The Bertz CT molecular complexity index is 891. The van der Waals surface area contributed by atoms with Crippen LogP contribution in [0.3, 0.4) is 0 Å². The van der Waals surface area contributed by atoms with Gasteiger partial charge in [0, 0.05) is 24.7 Å². The van der Waals surface area contributed by atoms with Gasteiger partial charge in [0.2, 0.25) is 5.95 Å². The van der Waals surface area contributed by atoms with E-state index in [1.165, 1.54) is 4.90 Å². The molecule has 0 aliphatic carbocycles. The molecule has 2 aromatic rings.